The van der Waals surface area contributed by atoms with Gasteiger partial charge in [0.05, 0.1) is 0 Å². The Morgan fingerprint density at radius 3 is 2.41 bits per heavy atom. The van der Waals surface area contributed by atoms with Gasteiger partial charge in [-0.15, -0.1) is 0 Å². The molecule has 0 aliphatic carbocycles. The summed E-state index contributed by atoms with van der Waals surface area (Å²) in [6.45, 7) is 2.83. The van der Waals surface area contributed by atoms with Crippen LogP contribution < -0.4 is 0 Å². The van der Waals surface area contributed by atoms with E-state index < -0.39 is 12.1 Å². The van der Waals surface area contributed by atoms with Crippen molar-refractivity contribution < 1.29 is 27.9 Å². The molecule has 156 valence electrons. The summed E-state index contributed by atoms with van der Waals surface area (Å²) in [5, 5.41) is 9.16. The van der Waals surface area contributed by atoms with Gasteiger partial charge in [-0.05, 0) is 37.8 Å². The highest BCUT2D eigenvalue weighted by molar-refractivity contribution is 6.05. The Balaban J connectivity index is 0.000000298. The van der Waals surface area contributed by atoms with E-state index in [2.05, 4.69) is 16.9 Å². The van der Waals surface area contributed by atoms with Crippen LogP contribution in [-0.2, 0) is 4.79 Å². The topological polar surface area (TPSA) is 73.7 Å². The lowest BCUT2D eigenvalue weighted by molar-refractivity contribution is -0.192. The number of benzene rings is 1. The zero-order chi connectivity index (χ0) is 21.2. The third-order valence-electron chi connectivity index (χ3n) is 5.68. The van der Waals surface area contributed by atoms with Crippen molar-refractivity contribution in [2.45, 2.75) is 31.0 Å². The van der Waals surface area contributed by atoms with E-state index in [-0.39, 0.29) is 11.4 Å². The van der Waals surface area contributed by atoms with Crippen molar-refractivity contribution in [1.29, 1.82) is 0 Å². The SMILES string of the molecule is CN1CCC12CCCN(C(=O)c1nccc3ccccc13)C2.O=C(O)C(F)(F)F. The molecule has 2 saturated heterocycles. The number of hydrogen-bond donors (Lipinski definition) is 1. The van der Waals surface area contributed by atoms with Crippen molar-refractivity contribution in [2.75, 3.05) is 26.7 Å². The Morgan fingerprint density at radius 2 is 1.83 bits per heavy atom. The summed E-state index contributed by atoms with van der Waals surface area (Å²) in [6, 6.07) is 9.95. The maximum atomic E-state index is 13.0. The third-order valence-corrected chi connectivity index (χ3v) is 5.68. The molecule has 1 unspecified atom stereocenters. The van der Waals surface area contributed by atoms with Crippen LogP contribution in [-0.4, -0.2) is 70.2 Å². The van der Waals surface area contributed by atoms with Crippen molar-refractivity contribution in [3.63, 3.8) is 0 Å². The number of aromatic nitrogens is 1. The van der Waals surface area contributed by atoms with Gasteiger partial charge in [0.2, 0.25) is 0 Å². The molecule has 4 rings (SSSR count). The predicted molar refractivity (Wildman–Crippen MR) is 101 cm³/mol. The number of likely N-dealkylation sites (tertiary alicyclic amines) is 2. The average Bonchev–Trinajstić information content (AvgIpc) is 2.71. The predicted octanol–water partition coefficient (Wildman–Crippen LogP) is 3.18. The van der Waals surface area contributed by atoms with Gasteiger partial charge in [0.15, 0.2) is 0 Å². The third kappa shape index (κ3) is 4.34. The highest BCUT2D eigenvalue weighted by Gasteiger charge is 2.46. The van der Waals surface area contributed by atoms with E-state index in [1.54, 1.807) is 6.20 Å². The lowest BCUT2D eigenvalue weighted by Gasteiger charge is -2.55. The number of hydrogen-bond acceptors (Lipinski definition) is 4. The number of aliphatic carboxylic acids is 1. The molecule has 1 N–H and O–H groups in total. The van der Waals surface area contributed by atoms with Crippen LogP contribution in [0.2, 0.25) is 0 Å². The summed E-state index contributed by atoms with van der Waals surface area (Å²) in [6.07, 6.45) is 0.151. The van der Waals surface area contributed by atoms with Crippen LogP contribution in [0.1, 0.15) is 29.8 Å². The second kappa shape index (κ2) is 7.98. The van der Waals surface area contributed by atoms with Gasteiger partial charge in [-0.3, -0.25) is 14.7 Å². The fourth-order valence-corrected chi connectivity index (χ4v) is 3.89. The standard InChI is InChI=1S/C18H21N3O.C2HF3O2/c1-20-12-9-18(20)8-4-11-21(13-18)17(22)16-15-6-3-2-5-14(15)7-10-19-16;3-2(4,5)1(6)7/h2-3,5-7,10H,4,8-9,11-13H2,1H3;(H,6,7). The highest BCUT2D eigenvalue weighted by Crippen LogP contribution is 2.37. The van der Waals surface area contributed by atoms with Gasteiger partial charge >= 0.3 is 12.1 Å². The lowest BCUT2D eigenvalue weighted by atomic mass is 9.78. The number of halogens is 3. The molecular weight excluding hydrogens is 387 g/mol. The summed E-state index contributed by atoms with van der Waals surface area (Å²) in [4.78, 5) is 30.7. The van der Waals surface area contributed by atoms with Crippen LogP contribution in [0.4, 0.5) is 13.2 Å². The monoisotopic (exact) mass is 409 g/mol. The van der Waals surface area contributed by atoms with Crippen LogP contribution in [0, 0.1) is 0 Å². The lowest BCUT2D eigenvalue weighted by Crippen LogP contribution is -2.66. The van der Waals surface area contributed by atoms with Crippen LogP contribution >= 0.6 is 0 Å². The number of rotatable bonds is 1. The molecule has 29 heavy (non-hydrogen) atoms. The highest BCUT2D eigenvalue weighted by atomic mass is 19.4. The molecule has 2 fully saturated rings. The maximum Gasteiger partial charge on any atom is 0.490 e. The number of carboxylic acid groups (broad SMARTS) is 1. The van der Waals surface area contributed by atoms with Gasteiger partial charge in [-0.25, -0.2) is 4.79 Å². The number of nitrogens with zero attached hydrogens (tertiary/aromatic N) is 3. The van der Waals surface area contributed by atoms with Crippen LogP contribution in [0.5, 0.6) is 0 Å². The number of carbonyl (C=O) groups excluding carboxylic acids is 1. The number of carbonyl (C=O) groups is 2. The van der Waals surface area contributed by atoms with Crippen molar-refractivity contribution in [2.24, 2.45) is 0 Å². The molecule has 1 atom stereocenters. The van der Waals surface area contributed by atoms with Crippen molar-refractivity contribution in [3.05, 3.63) is 42.2 Å². The summed E-state index contributed by atoms with van der Waals surface area (Å²) in [7, 11) is 2.17. The summed E-state index contributed by atoms with van der Waals surface area (Å²) in [5.41, 5.74) is 0.815. The van der Waals surface area contributed by atoms with Gasteiger partial charge in [0, 0.05) is 36.8 Å². The van der Waals surface area contributed by atoms with E-state index >= 15 is 0 Å². The van der Waals surface area contributed by atoms with Crippen LogP contribution in [0.25, 0.3) is 10.8 Å². The van der Waals surface area contributed by atoms with E-state index in [9.17, 15) is 18.0 Å². The second-order valence-electron chi connectivity index (χ2n) is 7.41. The smallest absolute Gasteiger partial charge is 0.475 e. The van der Waals surface area contributed by atoms with Crippen molar-refractivity contribution >= 4 is 22.6 Å². The molecule has 0 radical (unpaired) electrons. The fourth-order valence-electron chi connectivity index (χ4n) is 3.89. The van der Waals surface area contributed by atoms with E-state index in [0.717, 1.165) is 36.8 Å². The number of likely N-dealkylation sites (N-methyl/N-ethyl adjacent to an activating group) is 1. The fraction of sp³-hybridized carbons (Fsp3) is 0.450. The Kier molecular flexibility index (Phi) is 5.79. The summed E-state index contributed by atoms with van der Waals surface area (Å²) in [5.74, 6) is -2.68. The molecule has 1 aromatic heterocycles. The van der Waals surface area contributed by atoms with Gasteiger partial charge < -0.3 is 10.0 Å². The van der Waals surface area contributed by atoms with Crippen molar-refractivity contribution in [3.8, 4) is 0 Å². The van der Waals surface area contributed by atoms with E-state index in [1.165, 1.54) is 12.8 Å². The Labute approximate surface area is 165 Å². The molecule has 1 aromatic carbocycles. The number of carboxylic acids is 1. The van der Waals surface area contributed by atoms with Gasteiger partial charge in [0.25, 0.3) is 5.91 Å². The number of alkyl halides is 3. The summed E-state index contributed by atoms with van der Waals surface area (Å²) < 4.78 is 31.7. The Morgan fingerprint density at radius 1 is 1.14 bits per heavy atom. The minimum atomic E-state index is -5.08. The zero-order valence-electron chi connectivity index (χ0n) is 15.9. The van der Waals surface area contributed by atoms with Gasteiger partial charge in [-0.1, -0.05) is 24.3 Å². The average molecular weight is 409 g/mol. The molecule has 6 nitrogen and oxygen atoms in total. The normalized spacial score (nSPS) is 22.0. The van der Waals surface area contributed by atoms with Crippen LogP contribution in [0.15, 0.2) is 36.5 Å². The maximum absolute atomic E-state index is 13.0. The molecule has 2 aliphatic rings. The molecule has 0 bridgehead atoms. The van der Waals surface area contributed by atoms with E-state index in [1.807, 2.05) is 35.2 Å². The second-order valence-corrected chi connectivity index (χ2v) is 7.41. The molecule has 1 spiro atoms. The van der Waals surface area contributed by atoms with E-state index in [4.69, 9.17) is 9.90 Å². The first-order valence-electron chi connectivity index (χ1n) is 9.28. The molecule has 0 saturated carbocycles. The van der Waals surface area contributed by atoms with Crippen molar-refractivity contribution in [1.82, 2.24) is 14.8 Å². The molecule has 1 amide bonds. The molecule has 2 aliphatic heterocycles. The van der Waals surface area contributed by atoms with E-state index in [0.29, 0.717) is 5.69 Å². The largest absolute Gasteiger partial charge is 0.490 e. The van der Waals surface area contributed by atoms with Gasteiger partial charge in [0.1, 0.15) is 5.69 Å². The Hall–Kier alpha value is -2.68. The minimum Gasteiger partial charge on any atom is -0.475 e. The van der Waals surface area contributed by atoms with Crippen LogP contribution in [0.3, 0.4) is 0 Å². The molecule has 3 heterocycles. The molecular formula is C20H22F3N3O3. The number of pyridine rings is 1. The summed E-state index contributed by atoms with van der Waals surface area (Å²) >= 11 is 0. The first-order valence-corrected chi connectivity index (χ1v) is 9.28. The first-order chi connectivity index (χ1) is 13.6. The number of piperidine rings is 1. The zero-order valence-corrected chi connectivity index (χ0v) is 15.9. The quantitative estimate of drug-likeness (QED) is 0.783. The number of fused-ring (bicyclic) bond motifs is 1. The minimum absolute atomic E-state index is 0.0798. The molecule has 2 aromatic rings. The number of amides is 1. The molecule has 9 heteroatoms. The first kappa shape index (κ1) is 21.0. The van der Waals surface area contributed by atoms with Gasteiger partial charge in [-0.2, -0.15) is 13.2 Å². The Bertz CT molecular complexity index is 913.